The lowest BCUT2D eigenvalue weighted by molar-refractivity contribution is -0.134. The number of hydrogen-bond donors (Lipinski definition) is 2. The Kier molecular flexibility index (Phi) is 2.98. The molecule has 2 heterocycles. The van der Waals surface area contributed by atoms with Crippen molar-refractivity contribution in [3.8, 4) is 0 Å². The number of piperidine rings is 1. The third-order valence-electron chi connectivity index (χ3n) is 2.81. The van der Waals surface area contributed by atoms with Gasteiger partial charge < -0.3 is 4.90 Å². The quantitative estimate of drug-likeness (QED) is 0.426. The van der Waals surface area contributed by atoms with Crippen LogP contribution in [0.15, 0.2) is 0 Å². The molecule has 2 fully saturated rings. The third kappa shape index (κ3) is 1.66. The Balaban J connectivity index is 2.16. The van der Waals surface area contributed by atoms with Gasteiger partial charge >= 0.3 is 6.03 Å². The Labute approximate surface area is 99.9 Å². The number of halogens is 1. The van der Waals surface area contributed by atoms with Crippen molar-refractivity contribution in [3.05, 3.63) is 0 Å². The van der Waals surface area contributed by atoms with Crippen molar-refractivity contribution >= 4 is 34.9 Å². The van der Waals surface area contributed by atoms with Gasteiger partial charge in [0, 0.05) is 6.54 Å². The molecular formula is C7H10IN3O4. The number of urea groups is 1. The number of hydrogen-bond acceptors (Lipinski definition) is 4. The van der Waals surface area contributed by atoms with Crippen LogP contribution in [0.3, 0.4) is 0 Å². The molecule has 0 saturated carbocycles. The van der Waals surface area contributed by atoms with Gasteiger partial charge in [0.15, 0.2) is 0 Å². The van der Waals surface area contributed by atoms with Crippen molar-refractivity contribution in [2.45, 2.75) is 24.9 Å². The number of fused-ring (bicyclic) bond motifs is 2. The summed E-state index contributed by atoms with van der Waals surface area (Å²) in [6.07, 6.45) is 1.24. The number of nitrogens with zero attached hydrogens (tertiary/aromatic N) is 2. The first-order valence-electron chi connectivity index (χ1n) is 4.51. The average Bonchev–Trinajstić information content (AvgIpc) is 2.51. The summed E-state index contributed by atoms with van der Waals surface area (Å²) in [7, 11) is 0. The maximum absolute atomic E-state index is 11.7. The Morgan fingerprint density at radius 1 is 1.60 bits per heavy atom. The molecule has 2 bridgehead atoms. The van der Waals surface area contributed by atoms with Gasteiger partial charge in [-0.05, 0) is 12.8 Å². The molecule has 0 aromatic carbocycles. The van der Waals surface area contributed by atoms with Crippen LogP contribution in [-0.2, 0) is 7.96 Å². The molecule has 7 nitrogen and oxygen atoms in total. The summed E-state index contributed by atoms with van der Waals surface area (Å²) in [5.41, 5.74) is 1.58. The molecule has 2 atom stereocenters. The number of amides is 3. The lowest BCUT2D eigenvalue weighted by atomic mass is 10.0. The van der Waals surface area contributed by atoms with E-state index in [-0.39, 0.29) is 12.1 Å². The van der Waals surface area contributed by atoms with Gasteiger partial charge in [0.2, 0.25) is 0 Å². The lowest BCUT2D eigenvalue weighted by Crippen LogP contribution is -2.49. The fourth-order valence-electron chi connectivity index (χ4n) is 2.07. The zero-order chi connectivity index (χ0) is 11.0. The minimum absolute atomic E-state index is 0.0112. The minimum Gasteiger partial charge on any atom is -0.309 e. The largest absolute Gasteiger partial charge is 0.345 e. The summed E-state index contributed by atoms with van der Waals surface area (Å²) in [6, 6.07) is -0.895. The molecule has 1 unspecified atom stereocenters. The highest BCUT2D eigenvalue weighted by Gasteiger charge is 2.47. The number of carbonyl (C=O) groups excluding carboxylic acids is 2. The zero-order valence-electron chi connectivity index (χ0n) is 7.72. The van der Waals surface area contributed by atoms with Crippen molar-refractivity contribution < 1.29 is 18.0 Å². The summed E-state index contributed by atoms with van der Waals surface area (Å²) in [6.45, 7) is 0.472. The fourth-order valence-corrected chi connectivity index (χ4v) is 2.56. The van der Waals surface area contributed by atoms with E-state index in [2.05, 4.69) is 0 Å². The molecule has 2 aliphatic rings. The lowest BCUT2D eigenvalue weighted by Gasteiger charge is -2.28. The second-order valence-corrected chi connectivity index (χ2v) is 3.95. The monoisotopic (exact) mass is 327 g/mol. The van der Waals surface area contributed by atoms with Crippen LogP contribution in [-0.4, -0.2) is 45.7 Å². The SMILES string of the molecule is O=C(NO)[C@@H]1CCC2CN1C(=O)N2OI. The average molecular weight is 327 g/mol. The molecule has 0 radical (unpaired) electrons. The van der Waals surface area contributed by atoms with Crippen LogP contribution < -0.4 is 5.48 Å². The van der Waals surface area contributed by atoms with Crippen molar-refractivity contribution in [3.63, 3.8) is 0 Å². The van der Waals surface area contributed by atoms with E-state index in [1.54, 1.807) is 28.5 Å². The van der Waals surface area contributed by atoms with Gasteiger partial charge in [-0.1, -0.05) is 0 Å². The van der Waals surface area contributed by atoms with Gasteiger partial charge in [0.05, 0.1) is 6.04 Å². The molecule has 2 rings (SSSR count). The van der Waals surface area contributed by atoms with Crippen LogP contribution in [0.4, 0.5) is 4.79 Å². The maximum atomic E-state index is 11.7. The van der Waals surface area contributed by atoms with Crippen molar-refractivity contribution in [2.75, 3.05) is 6.54 Å². The molecule has 0 spiro atoms. The normalized spacial score (nSPS) is 29.6. The van der Waals surface area contributed by atoms with E-state index in [0.29, 0.717) is 19.4 Å². The predicted molar refractivity (Wildman–Crippen MR) is 55.8 cm³/mol. The highest BCUT2D eigenvalue weighted by molar-refractivity contribution is 14.1. The zero-order valence-corrected chi connectivity index (χ0v) is 9.88. The van der Waals surface area contributed by atoms with E-state index in [4.69, 9.17) is 8.37 Å². The van der Waals surface area contributed by atoms with E-state index in [1.807, 2.05) is 0 Å². The summed E-state index contributed by atoms with van der Waals surface area (Å²) in [5, 5.41) is 9.81. The first kappa shape index (κ1) is 10.9. The maximum Gasteiger partial charge on any atom is 0.345 e. The predicted octanol–water partition coefficient (Wildman–Crippen LogP) is 0.0420. The van der Waals surface area contributed by atoms with Crippen molar-refractivity contribution in [1.29, 1.82) is 0 Å². The van der Waals surface area contributed by atoms with Crippen LogP contribution in [0.5, 0.6) is 0 Å². The van der Waals surface area contributed by atoms with Crippen LogP contribution in [0.25, 0.3) is 0 Å². The molecule has 0 aliphatic carbocycles. The Bertz CT molecular complexity index is 300. The first-order valence-corrected chi connectivity index (χ1v) is 5.39. The molecule has 0 aromatic heterocycles. The van der Waals surface area contributed by atoms with E-state index in [0.717, 1.165) is 0 Å². The van der Waals surface area contributed by atoms with Gasteiger partial charge in [0.1, 0.15) is 29.0 Å². The molecular weight excluding hydrogens is 317 g/mol. The molecule has 84 valence electrons. The third-order valence-corrected chi connectivity index (χ3v) is 3.23. The van der Waals surface area contributed by atoms with E-state index in [1.165, 1.54) is 9.96 Å². The summed E-state index contributed by atoms with van der Waals surface area (Å²) in [5.74, 6) is -0.544. The number of nitrogens with one attached hydrogen (secondary N) is 1. The second-order valence-electron chi connectivity index (χ2n) is 3.55. The molecule has 2 aliphatic heterocycles. The van der Waals surface area contributed by atoms with Gasteiger partial charge in [-0.3, -0.25) is 10.0 Å². The number of carbonyl (C=O) groups is 2. The molecule has 3 amide bonds. The van der Waals surface area contributed by atoms with E-state index in [9.17, 15) is 9.59 Å². The van der Waals surface area contributed by atoms with E-state index < -0.39 is 11.9 Å². The topological polar surface area (TPSA) is 82.1 Å². The number of rotatable bonds is 2. The Hall–Kier alpha value is -0.610. The van der Waals surface area contributed by atoms with Crippen molar-refractivity contribution in [1.82, 2.24) is 15.4 Å². The van der Waals surface area contributed by atoms with Crippen LogP contribution in [0.2, 0.25) is 0 Å². The molecule has 8 heteroatoms. The highest BCUT2D eigenvalue weighted by atomic mass is 127. The van der Waals surface area contributed by atoms with Gasteiger partial charge in [-0.15, -0.1) is 0 Å². The van der Waals surface area contributed by atoms with Gasteiger partial charge in [0.25, 0.3) is 5.91 Å². The standard InChI is InChI=1S/C7H10IN3O4/c8-15-11-4-1-2-5(6(12)9-14)10(3-4)7(11)13/h4-5,14H,1-3H2,(H,9,12)/t4?,5-/m0/s1. The molecule has 2 N–H and O–H groups in total. The molecule has 0 aromatic rings. The number of hydroxylamine groups is 3. The molecule has 15 heavy (non-hydrogen) atoms. The van der Waals surface area contributed by atoms with Crippen LogP contribution >= 0.6 is 23.0 Å². The summed E-state index contributed by atoms with van der Waals surface area (Å²) < 4.78 is 4.92. The molecule has 2 saturated heterocycles. The Morgan fingerprint density at radius 2 is 2.33 bits per heavy atom. The van der Waals surface area contributed by atoms with Gasteiger partial charge in [-0.25, -0.2) is 10.3 Å². The fraction of sp³-hybridized carbons (Fsp3) is 0.714. The summed E-state index contributed by atoms with van der Waals surface area (Å²) >= 11 is 1.64. The first-order chi connectivity index (χ1) is 7.19. The van der Waals surface area contributed by atoms with Crippen molar-refractivity contribution in [2.24, 2.45) is 0 Å². The summed E-state index contributed by atoms with van der Waals surface area (Å²) in [4.78, 5) is 24.4. The Morgan fingerprint density at radius 3 is 2.93 bits per heavy atom. The van der Waals surface area contributed by atoms with Gasteiger partial charge in [-0.2, -0.15) is 8.23 Å². The van der Waals surface area contributed by atoms with Crippen LogP contribution in [0, 0.1) is 0 Å². The van der Waals surface area contributed by atoms with E-state index >= 15 is 0 Å². The highest BCUT2D eigenvalue weighted by Crippen LogP contribution is 2.30. The van der Waals surface area contributed by atoms with Crippen LogP contribution in [0.1, 0.15) is 12.8 Å². The second kappa shape index (κ2) is 4.10. The minimum atomic E-state index is -0.588. The smallest absolute Gasteiger partial charge is 0.309 e.